The monoisotopic (exact) mass is 439 g/mol. The Morgan fingerprint density at radius 2 is 1.62 bits per heavy atom. The van der Waals surface area contributed by atoms with Crippen LogP contribution in [0.3, 0.4) is 0 Å². The van der Waals surface area contributed by atoms with Crippen molar-refractivity contribution in [2.24, 2.45) is 5.41 Å². The van der Waals surface area contributed by atoms with Crippen molar-refractivity contribution in [3.05, 3.63) is 70.8 Å². The maximum Gasteiger partial charge on any atom is 0.410 e. The van der Waals surface area contributed by atoms with Gasteiger partial charge in [0.05, 0.1) is 5.56 Å². The molecule has 0 aliphatic carbocycles. The number of aromatic carboxylic acids is 1. The predicted octanol–water partition coefficient (Wildman–Crippen LogP) is 5.00. The van der Waals surface area contributed by atoms with E-state index in [0.29, 0.717) is 17.0 Å². The van der Waals surface area contributed by atoms with E-state index in [1.807, 2.05) is 52.0 Å². The van der Waals surface area contributed by atoms with Crippen molar-refractivity contribution < 1.29 is 24.5 Å². The molecule has 6 heteroatoms. The van der Waals surface area contributed by atoms with Crippen molar-refractivity contribution >= 4 is 12.1 Å². The highest BCUT2D eigenvalue weighted by Crippen LogP contribution is 2.51. The zero-order chi connectivity index (χ0) is 23.9. The summed E-state index contributed by atoms with van der Waals surface area (Å²) in [5.74, 6) is -0.715. The molecule has 2 N–H and O–H groups in total. The van der Waals surface area contributed by atoms with Gasteiger partial charge in [0.25, 0.3) is 0 Å². The summed E-state index contributed by atoms with van der Waals surface area (Å²) in [6, 6.07) is 14.2. The molecule has 172 valence electrons. The number of amides is 1. The summed E-state index contributed by atoms with van der Waals surface area (Å²) in [6.45, 7) is 12.1. The number of benzene rings is 2. The van der Waals surface area contributed by atoms with E-state index >= 15 is 0 Å². The summed E-state index contributed by atoms with van der Waals surface area (Å²) in [7, 11) is 0. The van der Waals surface area contributed by atoms with Gasteiger partial charge in [-0.05, 0) is 55.5 Å². The molecule has 0 bridgehead atoms. The van der Waals surface area contributed by atoms with E-state index in [2.05, 4.69) is 13.8 Å². The third-order valence-corrected chi connectivity index (χ3v) is 6.13. The highest BCUT2D eigenvalue weighted by Gasteiger charge is 2.58. The zero-order valence-electron chi connectivity index (χ0n) is 19.7. The van der Waals surface area contributed by atoms with E-state index < -0.39 is 28.7 Å². The molecule has 1 aliphatic rings. The Balaban J connectivity index is 2.03. The Hall–Kier alpha value is -2.86. The third kappa shape index (κ3) is 4.37. The molecule has 1 amide bonds. The first kappa shape index (κ1) is 23.8. The second-order valence-corrected chi connectivity index (χ2v) is 10.3. The van der Waals surface area contributed by atoms with Crippen molar-refractivity contribution in [2.75, 3.05) is 13.1 Å². The van der Waals surface area contributed by atoms with Crippen molar-refractivity contribution in [3.63, 3.8) is 0 Å². The number of ether oxygens (including phenoxy) is 1. The fraction of sp³-hybridized carbons (Fsp3) is 0.462. The minimum atomic E-state index is -1.49. The lowest BCUT2D eigenvalue weighted by Gasteiger charge is -2.56. The third-order valence-electron chi connectivity index (χ3n) is 6.13. The Morgan fingerprint density at radius 3 is 2.12 bits per heavy atom. The fourth-order valence-electron chi connectivity index (χ4n) is 4.33. The number of carboxylic acid groups (broad SMARTS) is 1. The fourth-order valence-corrected chi connectivity index (χ4v) is 4.33. The first-order valence-corrected chi connectivity index (χ1v) is 10.9. The van der Waals surface area contributed by atoms with E-state index in [4.69, 9.17) is 4.74 Å². The first-order valence-electron chi connectivity index (χ1n) is 10.9. The van der Waals surface area contributed by atoms with Gasteiger partial charge in [0, 0.05) is 18.5 Å². The van der Waals surface area contributed by atoms with Crippen molar-refractivity contribution in [1.29, 1.82) is 0 Å². The van der Waals surface area contributed by atoms with Crippen LogP contribution in [-0.4, -0.2) is 45.9 Å². The summed E-state index contributed by atoms with van der Waals surface area (Å²) in [5, 5.41) is 21.7. The molecule has 2 aromatic rings. The van der Waals surface area contributed by atoms with E-state index in [9.17, 15) is 19.8 Å². The zero-order valence-corrected chi connectivity index (χ0v) is 19.7. The number of carbonyl (C=O) groups excluding carboxylic acids is 1. The maximum atomic E-state index is 12.5. The molecular formula is C26H33NO5. The van der Waals surface area contributed by atoms with Crippen LogP contribution < -0.4 is 0 Å². The number of hydrogen-bond donors (Lipinski definition) is 2. The molecule has 1 aliphatic heterocycles. The quantitative estimate of drug-likeness (QED) is 0.684. The highest BCUT2D eigenvalue weighted by atomic mass is 16.6. The Bertz CT molecular complexity index is 1000. The van der Waals surface area contributed by atoms with Gasteiger partial charge in [-0.15, -0.1) is 0 Å². The second kappa shape index (κ2) is 8.24. The smallest absolute Gasteiger partial charge is 0.410 e. The Morgan fingerprint density at radius 1 is 1.03 bits per heavy atom. The number of aliphatic hydroxyl groups is 1. The molecule has 0 unspecified atom stereocenters. The van der Waals surface area contributed by atoms with Crippen LogP contribution in [0.15, 0.2) is 48.5 Å². The van der Waals surface area contributed by atoms with Gasteiger partial charge in [0.15, 0.2) is 0 Å². The lowest BCUT2D eigenvalue weighted by Crippen LogP contribution is -2.66. The molecule has 1 fully saturated rings. The van der Waals surface area contributed by atoms with Crippen LogP contribution in [0.5, 0.6) is 0 Å². The predicted molar refractivity (Wildman–Crippen MR) is 123 cm³/mol. The van der Waals surface area contributed by atoms with Crippen LogP contribution in [-0.2, 0) is 10.3 Å². The lowest BCUT2D eigenvalue weighted by molar-refractivity contribution is -0.131. The summed E-state index contributed by atoms with van der Waals surface area (Å²) in [4.78, 5) is 25.7. The van der Waals surface area contributed by atoms with Gasteiger partial charge in [-0.1, -0.05) is 57.2 Å². The molecule has 0 radical (unpaired) electrons. The number of hydrogen-bond acceptors (Lipinski definition) is 4. The van der Waals surface area contributed by atoms with Crippen molar-refractivity contribution in [2.45, 2.75) is 58.7 Å². The lowest BCUT2D eigenvalue weighted by atomic mass is 9.61. The Labute approximate surface area is 189 Å². The topological polar surface area (TPSA) is 87.1 Å². The minimum Gasteiger partial charge on any atom is -0.478 e. The van der Waals surface area contributed by atoms with E-state index in [1.54, 1.807) is 17.0 Å². The molecule has 1 heterocycles. The number of rotatable bonds is 5. The molecular weight excluding hydrogens is 406 g/mol. The SMILES string of the molecule is CC(C)c1ccc([C@](O)(c2cccc(C(=O)O)c2)C2(C)CN(C(=O)OC(C)(C)C)C2)cc1. The van der Waals surface area contributed by atoms with Gasteiger partial charge in [-0.3, -0.25) is 0 Å². The van der Waals surface area contributed by atoms with Gasteiger partial charge in [-0.25, -0.2) is 9.59 Å². The standard InChI is InChI=1S/C26H33NO5/c1-17(2)18-10-12-20(13-11-18)26(31,21-9-7-8-19(14-21)22(28)29)25(6)15-27(16-25)23(30)32-24(3,4)5/h7-14,17,31H,15-16H2,1-6H3,(H,28,29)/t26-/m0/s1. The molecule has 3 rings (SSSR count). The van der Waals surface area contributed by atoms with Crippen LogP contribution in [0.1, 0.15) is 74.5 Å². The highest BCUT2D eigenvalue weighted by molar-refractivity contribution is 5.87. The van der Waals surface area contributed by atoms with Crippen LogP contribution in [0, 0.1) is 5.41 Å². The summed E-state index contributed by atoms with van der Waals surface area (Å²) >= 11 is 0. The number of carbonyl (C=O) groups is 2. The van der Waals surface area contributed by atoms with Gasteiger partial charge in [0.1, 0.15) is 11.2 Å². The van der Waals surface area contributed by atoms with Crippen molar-refractivity contribution in [3.8, 4) is 0 Å². The first-order chi connectivity index (χ1) is 14.8. The maximum absolute atomic E-state index is 12.5. The molecule has 2 aromatic carbocycles. The second-order valence-electron chi connectivity index (χ2n) is 10.3. The normalized spacial score (nSPS) is 17.4. The van der Waals surface area contributed by atoms with Gasteiger partial charge >= 0.3 is 12.1 Å². The molecule has 0 aromatic heterocycles. The van der Waals surface area contributed by atoms with E-state index in [-0.39, 0.29) is 18.7 Å². The van der Waals surface area contributed by atoms with Gasteiger partial charge in [0.2, 0.25) is 0 Å². The van der Waals surface area contributed by atoms with Crippen LogP contribution in [0.25, 0.3) is 0 Å². The van der Waals surface area contributed by atoms with Gasteiger partial charge in [-0.2, -0.15) is 0 Å². The van der Waals surface area contributed by atoms with Crippen molar-refractivity contribution in [1.82, 2.24) is 4.90 Å². The largest absolute Gasteiger partial charge is 0.478 e. The number of nitrogens with zero attached hydrogens (tertiary/aromatic N) is 1. The summed E-state index contributed by atoms with van der Waals surface area (Å²) in [6.07, 6.45) is -0.424. The molecule has 0 saturated carbocycles. The van der Waals surface area contributed by atoms with Crippen LogP contribution in [0.2, 0.25) is 0 Å². The number of carboxylic acids is 1. The van der Waals surface area contributed by atoms with E-state index in [0.717, 1.165) is 5.56 Å². The average Bonchev–Trinajstić information content (AvgIpc) is 2.69. The van der Waals surface area contributed by atoms with E-state index in [1.165, 1.54) is 12.1 Å². The Kier molecular flexibility index (Phi) is 6.13. The summed E-state index contributed by atoms with van der Waals surface area (Å²) in [5.41, 5.74) is -0.442. The molecule has 6 nitrogen and oxygen atoms in total. The molecule has 1 atom stereocenters. The molecule has 1 saturated heterocycles. The van der Waals surface area contributed by atoms with Crippen LogP contribution in [0.4, 0.5) is 4.79 Å². The number of likely N-dealkylation sites (tertiary alicyclic amines) is 1. The minimum absolute atomic E-state index is 0.103. The molecule has 0 spiro atoms. The molecule has 32 heavy (non-hydrogen) atoms. The van der Waals surface area contributed by atoms with Crippen LogP contribution >= 0.6 is 0 Å². The summed E-state index contributed by atoms with van der Waals surface area (Å²) < 4.78 is 5.48. The average molecular weight is 440 g/mol. The van der Waals surface area contributed by atoms with Gasteiger partial charge < -0.3 is 19.8 Å².